The predicted molar refractivity (Wildman–Crippen MR) is 182 cm³/mol. The highest BCUT2D eigenvalue weighted by molar-refractivity contribution is 7.15. The summed E-state index contributed by atoms with van der Waals surface area (Å²) in [5, 5.41) is 19.6. The Kier molecular flexibility index (Phi) is 8.58. The molecule has 2 saturated heterocycles. The van der Waals surface area contributed by atoms with Crippen molar-refractivity contribution in [2.75, 3.05) is 32.7 Å². The quantitative estimate of drug-likeness (QED) is 0.213. The van der Waals surface area contributed by atoms with E-state index in [1.165, 1.54) is 29.0 Å². The molecule has 2 fully saturated rings. The van der Waals surface area contributed by atoms with Crippen LogP contribution in [0.3, 0.4) is 0 Å². The molecule has 0 atom stereocenters. The minimum atomic E-state index is -0.495. The number of nitriles is 1. The van der Waals surface area contributed by atoms with Gasteiger partial charge in [0.25, 0.3) is 0 Å². The molecule has 2 aromatic carbocycles. The van der Waals surface area contributed by atoms with Crippen LogP contribution in [0, 0.1) is 36.8 Å². The number of aliphatic hydroxyl groups excluding tert-OH is 1. The van der Waals surface area contributed by atoms with E-state index in [0.29, 0.717) is 59.4 Å². The van der Waals surface area contributed by atoms with Gasteiger partial charge >= 0.3 is 0 Å². The van der Waals surface area contributed by atoms with Crippen molar-refractivity contribution in [3.05, 3.63) is 87.6 Å². The number of β-amino-alcohol motifs (C(OH)–C–C–N with tert-alkyl or cyclic N) is 1. The van der Waals surface area contributed by atoms with Gasteiger partial charge in [0, 0.05) is 40.9 Å². The maximum atomic E-state index is 16.3. The molecule has 1 N–H and O–H groups in total. The maximum Gasteiger partial charge on any atom is 0.236 e. The molecule has 11 heteroatoms. The highest BCUT2D eigenvalue weighted by Gasteiger charge is 2.31. The second kappa shape index (κ2) is 12.8. The lowest BCUT2D eigenvalue weighted by atomic mass is 9.90. The summed E-state index contributed by atoms with van der Waals surface area (Å²) in [7, 11) is 0. The summed E-state index contributed by atoms with van der Waals surface area (Å²) < 4.78 is 32.2. The lowest BCUT2D eigenvalue weighted by Crippen LogP contribution is -2.56. The number of carbonyl (C=O) groups is 1. The van der Waals surface area contributed by atoms with Crippen molar-refractivity contribution in [2.45, 2.75) is 52.1 Å². The number of hydrogen-bond acceptors (Lipinski definition) is 7. The number of likely N-dealkylation sites (tertiary alicyclic amines) is 2. The van der Waals surface area contributed by atoms with Crippen LogP contribution in [0.4, 0.5) is 8.78 Å². The van der Waals surface area contributed by atoms with Crippen LogP contribution in [0.5, 0.6) is 0 Å². The Bertz CT molecular complexity index is 2090. The third-order valence-corrected chi connectivity index (χ3v) is 10.7. The number of piperidine rings is 1. The highest BCUT2D eigenvalue weighted by Crippen LogP contribution is 2.39. The van der Waals surface area contributed by atoms with E-state index in [0.717, 1.165) is 53.4 Å². The van der Waals surface area contributed by atoms with Gasteiger partial charge in [-0.05, 0) is 93.6 Å². The number of imidazole rings is 1. The zero-order valence-corrected chi connectivity index (χ0v) is 27.9. The second-order valence-corrected chi connectivity index (χ2v) is 14.0. The van der Waals surface area contributed by atoms with Crippen LogP contribution in [0.25, 0.3) is 38.7 Å². The molecular weight excluding hydrogens is 631 g/mol. The Morgan fingerprint density at radius 3 is 2.48 bits per heavy atom. The van der Waals surface area contributed by atoms with Gasteiger partial charge in [-0.2, -0.15) is 5.26 Å². The highest BCUT2D eigenvalue weighted by atomic mass is 32.1. The van der Waals surface area contributed by atoms with E-state index in [1.807, 2.05) is 25.1 Å². The van der Waals surface area contributed by atoms with Crippen molar-refractivity contribution < 1.29 is 18.7 Å². The fourth-order valence-corrected chi connectivity index (χ4v) is 7.89. The fourth-order valence-electron chi connectivity index (χ4n) is 6.94. The minimum Gasteiger partial charge on any atom is -0.389 e. The molecule has 246 valence electrons. The van der Waals surface area contributed by atoms with Crippen LogP contribution in [0.15, 0.2) is 48.7 Å². The van der Waals surface area contributed by atoms with E-state index < -0.39 is 11.9 Å². The van der Waals surface area contributed by atoms with Gasteiger partial charge in [0.2, 0.25) is 5.91 Å². The average Bonchev–Trinajstić information content (AvgIpc) is 3.64. The van der Waals surface area contributed by atoms with Crippen molar-refractivity contribution in [1.82, 2.24) is 24.2 Å². The standard InChI is InChI=1S/C37H36F2N6O2S/c1-4-31-36(45-17-24(5-10-32(45)41-31)23-11-13-43(14-12-23)20-33(47)44-18-27(46)19-44)28-8-9-30(34(39)21(28)2)37-42-35(22(3)48-37)29-7-6-26(38)15-25(29)16-40/h5-10,15,17,23,27,46H,4,11-14,18-20H2,1-3H3. The van der Waals surface area contributed by atoms with E-state index >= 15 is 4.39 Å². The number of hydrogen-bond donors (Lipinski definition) is 1. The molecular formula is C37H36F2N6O2S. The fraction of sp³-hybridized carbons (Fsp3) is 0.351. The first-order chi connectivity index (χ1) is 23.1. The van der Waals surface area contributed by atoms with Crippen LogP contribution in [-0.4, -0.2) is 74.0 Å². The summed E-state index contributed by atoms with van der Waals surface area (Å²) in [6.07, 6.45) is 4.29. The smallest absolute Gasteiger partial charge is 0.236 e. The average molecular weight is 667 g/mol. The monoisotopic (exact) mass is 666 g/mol. The Hall–Kier alpha value is -4.50. The number of benzene rings is 2. The van der Waals surface area contributed by atoms with Crippen LogP contribution in [-0.2, 0) is 11.2 Å². The van der Waals surface area contributed by atoms with Crippen molar-refractivity contribution in [1.29, 1.82) is 5.26 Å². The first-order valence-electron chi connectivity index (χ1n) is 16.3. The lowest BCUT2D eigenvalue weighted by Gasteiger charge is -2.38. The molecule has 7 rings (SSSR count). The molecule has 1 amide bonds. The molecule has 5 heterocycles. The second-order valence-electron chi connectivity index (χ2n) is 12.8. The first kappa shape index (κ1) is 32.1. The van der Waals surface area contributed by atoms with Crippen molar-refractivity contribution >= 4 is 22.9 Å². The van der Waals surface area contributed by atoms with Gasteiger partial charge in [-0.25, -0.2) is 18.7 Å². The summed E-state index contributed by atoms with van der Waals surface area (Å²) in [6, 6.07) is 13.9. The van der Waals surface area contributed by atoms with Gasteiger partial charge in [-0.1, -0.05) is 19.1 Å². The van der Waals surface area contributed by atoms with Crippen molar-refractivity contribution in [3.63, 3.8) is 0 Å². The van der Waals surface area contributed by atoms with Crippen LogP contribution in [0.1, 0.15) is 52.9 Å². The Morgan fingerprint density at radius 2 is 1.77 bits per heavy atom. The molecule has 2 aliphatic rings. The van der Waals surface area contributed by atoms with Gasteiger partial charge in [-0.15, -0.1) is 11.3 Å². The predicted octanol–water partition coefficient (Wildman–Crippen LogP) is 6.50. The van der Waals surface area contributed by atoms with Gasteiger partial charge in [0.1, 0.15) is 22.3 Å². The number of amides is 1. The third-order valence-electron chi connectivity index (χ3n) is 9.71. The number of rotatable bonds is 7. The van der Waals surface area contributed by atoms with Gasteiger partial charge < -0.3 is 10.0 Å². The molecule has 0 aliphatic carbocycles. The number of thiazole rings is 1. The lowest BCUT2D eigenvalue weighted by molar-refractivity contribution is -0.142. The van der Waals surface area contributed by atoms with Gasteiger partial charge in [0.05, 0.1) is 41.4 Å². The largest absolute Gasteiger partial charge is 0.389 e. The van der Waals surface area contributed by atoms with Gasteiger partial charge in [0.15, 0.2) is 0 Å². The molecule has 3 aromatic heterocycles. The number of fused-ring (bicyclic) bond motifs is 1. The normalized spacial score (nSPS) is 16.0. The number of halogens is 2. The zero-order chi connectivity index (χ0) is 33.7. The van der Waals surface area contributed by atoms with Crippen molar-refractivity contribution in [3.8, 4) is 39.2 Å². The minimum absolute atomic E-state index is 0.0791. The number of aliphatic hydroxyl groups is 1. The summed E-state index contributed by atoms with van der Waals surface area (Å²) in [4.78, 5) is 26.9. The third kappa shape index (κ3) is 5.78. The molecule has 0 unspecified atom stereocenters. The van der Waals surface area contributed by atoms with E-state index in [9.17, 15) is 19.6 Å². The SMILES string of the molecule is CCc1nc2ccc(C3CCN(CC(=O)N4CC(O)C4)CC3)cn2c1-c1ccc(-c2nc(-c3ccc(F)cc3C#N)c(C)s2)c(F)c1C. The molecule has 0 bridgehead atoms. The van der Waals surface area contributed by atoms with E-state index in [1.54, 1.807) is 24.0 Å². The zero-order valence-electron chi connectivity index (χ0n) is 27.1. The van der Waals surface area contributed by atoms with Crippen LogP contribution < -0.4 is 0 Å². The molecule has 0 saturated carbocycles. The molecule has 5 aromatic rings. The molecule has 48 heavy (non-hydrogen) atoms. The Morgan fingerprint density at radius 1 is 1.04 bits per heavy atom. The van der Waals surface area contributed by atoms with E-state index in [4.69, 9.17) is 9.97 Å². The number of carbonyl (C=O) groups excluding carboxylic acids is 1. The molecule has 2 aliphatic heterocycles. The molecule has 0 spiro atoms. The van der Waals surface area contributed by atoms with Crippen LogP contribution in [0.2, 0.25) is 0 Å². The number of aryl methyl sites for hydroxylation is 2. The maximum absolute atomic E-state index is 16.3. The van der Waals surface area contributed by atoms with E-state index in [2.05, 4.69) is 28.5 Å². The summed E-state index contributed by atoms with van der Waals surface area (Å²) >= 11 is 1.34. The Labute approximate surface area is 281 Å². The summed E-state index contributed by atoms with van der Waals surface area (Å²) in [5.74, 6) is -0.451. The molecule has 0 radical (unpaired) electrons. The number of nitrogens with zero attached hydrogens (tertiary/aromatic N) is 6. The summed E-state index contributed by atoms with van der Waals surface area (Å²) in [5.41, 5.74) is 6.65. The molecule has 8 nitrogen and oxygen atoms in total. The van der Waals surface area contributed by atoms with Crippen LogP contribution >= 0.6 is 11.3 Å². The van der Waals surface area contributed by atoms with Crippen molar-refractivity contribution in [2.24, 2.45) is 0 Å². The van der Waals surface area contributed by atoms with Gasteiger partial charge in [-0.3, -0.25) is 14.1 Å². The van der Waals surface area contributed by atoms with E-state index in [-0.39, 0.29) is 17.3 Å². The Balaban J connectivity index is 1.17. The number of aromatic nitrogens is 3. The number of pyridine rings is 1. The summed E-state index contributed by atoms with van der Waals surface area (Å²) in [6.45, 7) is 8.60. The topological polar surface area (TPSA) is 97.8 Å². The first-order valence-corrected chi connectivity index (χ1v) is 17.1.